The summed E-state index contributed by atoms with van der Waals surface area (Å²) < 4.78 is 21.1. The molecule has 1 aliphatic rings. The van der Waals surface area contributed by atoms with Gasteiger partial charge < -0.3 is 9.64 Å². The van der Waals surface area contributed by atoms with Crippen LogP contribution in [0, 0.1) is 5.82 Å². The molecule has 0 bridgehead atoms. The van der Waals surface area contributed by atoms with Crippen molar-refractivity contribution in [3.63, 3.8) is 0 Å². The standard InChI is InChI=1S/C19H17FN4O2/c20-18-9-5-4-8-17(18)19(25)23-11-15(12-23)24-10-14(21-22-24)13-26-16-6-2-1-3-7-16/h1-10,15H,11-13H2. The number of likely N-dealkylation sites (tertiary alicyclic amines) is 1. The maximum absolute atomic E-state index is 13.7. The van der Waals surface area contributed by atoms with E-state index in [1.54, 1.807) is 21.7 Å². The third-order valence-corrected chi connectivity index (χ3v) is 4.32. The predicted octanol–water partition coefficient (Wildman–Crippen LogP) is 2.69. The average Bonchev–Trinajstić information content (AvgIpc) is 3.08. The number of nitrogens with zero attached hydrogens (tertiary/aromatic N) is 4. The van der Waals surface area contributed by atoms with Gasteiger partial charge >= 0.3 is 0 Å². The first-order valence-electron chi connectivity index (χ1n) is 8.33. The summed E-state index contributed by atoms with van der Waals surface area (Å²) >= 11 is 0. The Morgan fingerprint density at radius 3 is 2.62 bits per heavy atom. The van der Waals surface area contributed by atoms with Gasteiger partial charge in [-0.3, -0.25) is 4.79 Å². The van der Waals surface area contributed by atoms with Crippen LogP contribution in [0.5, 0.6) is 5.75 Å². The molecular weight excluding hydrogens is 335 g/mol. The minimum atomic E-state index is -0.498. The first kappa shape index (κ1) is 16.3. The average molecular weight is 352 g/mol. The van der Waals surface area contributed by atoms with E-state index in [0.29, 0.717) is 25.4 Å². The lowest BCUT2D eigenvalue weighted by Crippen LogP contribution is -2.51. The Morgan fingerprint density at radius 1 is 1.12 bits per heavy atom. The van der Waals surface area contributed by atoms with Crippen LogP contribution >= 0.6 is 0 Å². The number of ether oxygens (including phenoxy) is 1. The van der Waals surface area contributed by atoms with Gasteiger partial charge in [-0.05, 0) is 24.3 Å². The number of hydrogen-bond acceptors (Lipinski definition) is 4. The molecule has 1 aromatic heterocycles. The fourth-order valence-corrected chi connectivity index (χ4v) is 2.83. The number of hydrogen-bond donors (Lipinski definition) is 0. The van der Waals surface area contributed by atoms with Crippen molar-refractivity contribution >= 4 is 5.91 Å². The van der Waals surface area contributed by atoms with E-state index in [2.05, 4.69) is 10.3 Å². The molecule has 4 rings (SSSR count). The molecule has 2 heterocycles. The van der Waals surface area contributed by atoms with E-state index >= 15 is 0 Å². The summed E-state index contributed by atoms with van der Waals surface area (Å²) in [6, 6.07) is 15.6. The molecule has 1 aliphatic heterocycles. The number of halogens is 1. The van der Waals surface area contributed by atoms with Crippen molar-refractivity contribution in [3.8, 4) is 5.75 Å². The molecule has 6 nitrogen and oxygen atoms in total. The zero-order valence-electron chi connectivity index (χ0n) is 14.0. The maximum atomic E-state index is 13.7. The first-order chi connectivity index (χ1) is 12.7. The lowest BCUT2D eigenvalue weighted by atomic mass is 10.1. The van der Waals surface area contributed by atoms with Crippen molar-refractivity contribution in [1.82, 2.24) is 19.9 Å². The van der Waals surface area contributed by atoms with Gasteiger partial charge in [0.2, 0.25) is 0 Å². The Kier molecular flexibility index (Phi) is 4.35. The second-order valence-corrected chi connectivity index (χ2v) is 6.14. The number of aromatic nitrogens is 3. The van der Waals surface area contributed by atoms with Crippen molar-refractivity contribution in [2.45, 2.75) is 12.6 Å². The maximum Gasteiger partial charge on any atom is 0.256 e. The van der Waals surface area contributed by atoms with E-state index in [4.69, 9.17) is 4.74 Å². The number of para-hydroxylation sites is 1. The van der Waals surface area contributed by atoms with Crippen LogP contribution in [0.2, 0.25) is 0 Å². The first-order valence-corrected chi connectivity index (χ1v) is 8.33. The second-order valence-electron chi connectivity index (χ2n) is 6.14. The molecule has 1 fully saturated rings. The lowest BCUT2D eigenvalue weighted by Gasteiger charge is -2.38. The number of rotatable bonds is 5. The number of carbonyl (C=O) groups excluding carboxylic acids is 1. The van der Waals surface area contributed by atoms with Gasteiger partial charge in [0.15, 0.2) is 0 Å². The molecule has 0 radical (unpaired) electrons. The molecule has 0 atom stereocenters. The number of carbonyl (C=O) groups is 1. The van der Waals surface area contributed by atoms with E-state index in [9.17, 15) is 9.18 Å². The highest BCUT2D eigenvalue weighted by Gasteiger charge is 2.34. The largest absolute Gasteiger partial charge is 0.487 e. The van der Waals surface area contributed by atoms with Gasteiger partial charge in [-0.25, -0.2) is 9.07 Å². The Balaban J connectivity index is 1.33. The highest BCUT2D eigenvalue weighted by atomic mass is 19.1. The van der Waals surface area contributed by atoms with Crippen LogP contribution < -0.4 is 4.74 Å². The molecule has 132 valence electrons. The van der Waals surface area contributed by atoms with Crippen molar-refractivity contribution in [2.24, 2.45) is 0 Å². The van der Waals surface area contributed by atoms with E-state index < -0.39 is 5.82 Å². The topological polar surface area (TPSA) is 60.2 Å². The van der Waals surface area contributed by atoms with Crippen LogP contribution in [0.4, 0.5) is 4.39 Å². The number of amides is 1. The van der Waals surface area contributed by atoms with Crippen LogP contribution in [0.1, 0.15) is 22.1 Å². The Labute approximate surface area is 149 Å². The van der Waals surface area contributed by atoms with Gasteiger partial charge in [0.05, 0.1) is 17.8 Å². The Hall–Kier alpha value is -3.22. The second kappa shape index (κ2) is 6.95. The van der Waals surface area contributed by atoms with Crippen LogP contribution in [0.3, 0.4) is 0 Å². The van der Waals surface area contributed by atoms with E-state index in [-0.39, 0.29) is 17.5 Å². The third-order valence-electron chi connectivity index (χ3n) is 4.32. The summed E-state index contributed by atoms with van der Waals surface area (Å²) in [5.74, 6) is -0.0264. The molecule has 0 aliphatic carbocycles. The van der Waals surface area contributed by atoms with Crippen LogP contribution in [-0.2, 0) is 6.61 Å². The molecule has 26 heavy (non-hydrogen) atoms. The summed E-state index contributed by atoms with van der Waals surface area (Å²) in [4.78, 5) is 13.9. The normalized spacial score (nSPS) is 14.1. The van der Waals surface area contributed by atoms with Crippen molar-refractivity contribution in [1.29, 1.82) is 0 Å². The van der Waals surface area contributed by atoms with Crippen molar-refractivity contribution in [3.05, 3.63) is 77.9 Å². The van der Waals surface area contributed by atoms with Crippen molar-refractivity contribution in [2.75, 3.05) is 13.1 Å². The zero-order chi connectivity index (χ0) is 17.9. The van der Waals surface area contributed by atoms with Gasteiger partial charge in [-0.2, -0.15) is 0 Å². The minimum absolute atomic E-state index is 0.0451. The van der Waals surface area contributed by atoms with E-state index in [1.165, 1.54) is 12.1 Å². The van der Waals surface area contributed by atoms with Gasteiger partial charge in [-0.15, -0.1) is 5.10 Å². The van der Waals surface area contributed by atoms with Gasteiger partial charge in [0, 0.05) is 13.1 Å². The quantitative estimate of drug-likeness (QED) is 0.708. The monoisotopic (exact) mass is 352 g/mol. The molecular formula is C19H17FN4O2. The molecule has 0 saturated carbocycles. The molecule has 0 unspecified atom stereocenters. The summed E-state index contributed by atoms with van der Waals surface area (Å²) in [7, 11) is 0. The zero-order valence-corrected chi connectivity index (χ0v) is 14.0. The molecule has 0 spiro atoms. The Morgan fingerprint density at radius 2 is 1.85 bits per heavy atom. The van der Waals surface area contributed by atoms with Crippen LogP contribution in [0.25, 0.3) is 0 Å². The fourth-order valence-electron chi connectivity index (χ4n) is 2.83. The van der Waals surface area contributed by atoms with Crippen LogP contribution in [-0.4, -0.2) is 38.9 Å². The molecule has 1 amide bonds. The fraction of sp³-hybridized carbons (Fsp3) is 0.211. The van der Waals surface area contributed by atoms with Gasteiger partial charge in [0.1, 0.15) is 23.9 Å². The molecule has 3 aromatic rings. The molecule has 7 heteroatoms. The highest BCUT2D eigenvalue weighted by molar-refractivity contribution is 5.95. The summed E-state index contributed by atoms with van der Waals surface area (Å²) in [5.41, 5.74) is 0.814. The molecule has 0 N–H and O–H groups in total. The predicted molar refractivity (Wildman–Crippen MR) is 92.1 cm³/mol. The lowest BCUT2D eigenvalue weighted by molar-refractivity contribution is 0.0493. The smallest absolute Gasteiger partial charge is 0.256 e. The molecule has 2 aromatic carbocycles. The van der Waals surface area contributed by atoms with Crippen LogP contribution in [0.15, 0.2) is 60.8 Å². The summed E-state index contributed by atoms with van der Waals surface area (Å²) in [6.45, 7) is 1.29. The minimum Gasteiger partial charge on any atom is -0.487 e. The summed E-state index contributed by atoms with van der Waals surface area (Å²) in [6.07, 6.45) is 1.82. The van der Waals surface area contributed by atoms with Gasteiger partial charge in [-0.1, -0.05) is 35.5 Å². The van der Waals surface area contributed by atoms with Gasteiger partial charge in [0.25, 0.3) is 5.91 Å². The summed E-state index contributed by atoms with van der Waals surface area (Å²) in [5, 5.41) is 8.21. The van der Waals surface area contributed by atoms with Crippen molar-refractivity contribution < 1.29 is 13.9 Å². The SMILES string of the molecule is O=C(c1ccccc1F)N1CC(n2cc(COc3ccccc3)nn2)C1. The number of benzene rings is 2. The third kappa shape index (κ3) is 3.28. The highest BCUT2D eigenvalue weighted by Crippen LogP contribution is 2.23. The van der Waals surface area contributed by atoms with E-state index in [0.717, 1.165) is 5.75 Å². The molecule has 1 saturated heterocycles. The Bertz CT molecular complexity index is 907. The van der Waals surface area contributed by atoms with E-state index in [1.807, 2.05) is 36.5 Å².